The largest absolute Gasteiger partial charge is 0.477 e. The molecule has 0 aromatic carbocycles. The number of aromatic nitrogens is 2. The van der Waals surface area contributed by atoms with Crippen molar-refractivity contribution in [3.8, 4) is 0 Å². The normalized spacial score (nSPS) is 10.2. The van der Waals surface area contributed by atoms with Gasteiger partial charge < -0.3 is 16.2 Å². The van der Waals surface area contributed by atoms with E-state index in [1.165, 1.54) is 12.1 Å². The molecule has 6 heteroatoms. The van der Waals surface area contributed by atoms with Gasteiger partial charge in [0, 0.05) is 18.4 Å². The lowest BCUT2D eigenvalue weighted by atomic mass is 10.2. The predicted molar refractivity (Wildman–Crippen MR) is 71.9 cm³/mol. The SMILES string of the molecule is Cc1ccc(CNc2nc(C(=O)O)ccc2N)cn1. The Bertz CT molecular complexity index is 596. The summed E-state index contributed by atoms with van der Waals surface area (Å²) in [6.45, 7) is 2.39. The molecule has 0 atom stereocenters. The number of nitrogens with one attached hydrogen (secondary N) is 1. The monoisotopic (exact) mass is 258 g/mol. The Kier molecular flexibility index (Phi) is 3.61. The number of carboxylic acids is 1. The van der Waals surface area contributed by atoms with Gasteiger partial charge in [0.15, 0.2) is 5.69 Å². The molecule has 2 rings (SSSR count). The zero-order valence-electron chi connectivity index (χ0n) is 10.4. The average Bonchev–Trinajstić information content (AvgIpc) is 2.39. The van der Waals surface area contributed by atoms with E-state index in [0.29, 0.717) is 18.1 Å². The van der Waals surface area contributed by atoms with Crippen LogP contribution in [0.3, 0.4) is 0 Å². The highest BCUT2D eigenvalue weighted by molar-refractivity contribution is 5.86. The number of hydrogen-bond acceptors (Lipinski definition) is 5. The van der Waals surface area contributed by atoms with Crippen LogP contribution in [0.1, 0.15) is 21.7 Å². The van der Waals surface area contributed by atoms with Gasteiger partial charge in [0.1, 0.15) is 5.82 Å². The van der Waals surface area contributed by atoms with E-state index in [1.54, 1.807) is 6.20 Å². The Balaban J connectivity index is 2.12. The van der Waals surface area contributed by atoms with E-state index in [9.17, 15) is 4.79 Å². The van der Waals surface area contributed by atoms with Crippen molar-refractivity contribution in [2.24, 2.45) is 0 Å². The molecule has 0 saturated carbocycles. The second kappa shape index (κ2) is 5.34. The number of nitrogen functional groups attached to an aromatic ring is 1. The first-order valence-corrected chi connectivity index (χ1v) is 5.71. The van der Waals surface area contributed by atoms with Crippen molar-refractivity contribution in [3.05, 3.63) is 47.4 Å². The molecule has 0 aliphatic rings. The summed E-state index contributed by atoms with van der Waals surface area (Å²) in [6, 6.07) is 6.73. The number of carbonyl (C=O) groups is 1. The van der Waals surface area contributed by atoms with E-state index < -0.39 is 5.97 Å². The smallest absolute Gasteiger partial charge is 0.354 e. The lowest BCUT2D eigenvalue weighted by Crippen LogP contribution is -2.08. The molecule has 2 aromatic rings. The Morgan fingerprint density at radius 3 is 2.79 bits per heavy atom. The molecule has 0 unspecified atom stereocenters. The Hall–Kier alpha value is -2.63. The topological polar surface area (TPSA) is 101 Å². The van der Waals surface area contributed by atoms with Crippen molar-refractivity contribution in [1.82, 2.24) is 9.97 Å². The summed E-state index contributed by atoms with van der Waals surface area (Å²) in [4.78, 5) is 19.0. The van der Waals surface area contributed by atoms with Crippen LogP contribution in [0.5, 0.6) is 0 Å². The van der Waals surface area contributed by atoms with Gasteiger partial charge >= 0.3 is 5.97 Å². The first-order chi connectivity index (χ1) is 9.06. The van der Waals surface area contributed by atoms with Crippen LogP contribution in [0, 0.1) is 6.92 Å². The lowest BCUT2D eigenvalue weighted by molar-refractivity contribution is 0.0690. The van der Waals surface area contributed by atoms with Crippen LogP contribution < -0.4 is 11.1 Å². The van der Waals surface area contributed by atoms with Gasteiger partial charge in [-0.25, -0.2) is 9.78 Å². The first kappa shape index (κ1) is 12.8. The van der Waals surface area contributed by atoms with Crippen molar-refractivity contribution in [3.63, 3.8) is 0 Å². The number of aryl methyl sites for hydroxylation is 1. The highest BCUT2D eigenvalue weighted by Gasteiger charge is 2.08. The molecule has 0 bridgehead atoms. The minimum atomic E-state index is -1.08. The van der Waals surface area contributed by atoms with Crippen molar-refractivity contribution >= 4 is 17.5 Å². The number of pyridine rings is 2. The van der Waals surface area contributed by atoms with Gasteiger partial charge in [0.05, 0.1) is 5.69 Å². The van der Waals surface area contributed by atoms with Crippen molar-refractivity contribution in [2.75, 3.05) is 11.1 Å². The number of anilines is 2. The van der Waals surface area contributed by atoms with Gasteiger partial charge in [0.25, 0.3) is 0 Å². The highest BCUT2D eigenvalue weighted by atomic mass is 16.4. The summed E-state index contributed by atoms with van der Waals surface area (Å²) in [6.07, 6.45) is 1.75. The Morgan fingerprint density at radius 2 is 2.16 bits per heavy atom. The first-order valence-electron chi connectivity index (χ1n) is 5.71. The lowest BCUT2D eigenvalue weighted by Gasteiger charge is -2.09. The summed E-state index contributed by atoms with van der Waals surface area (Å²) < 4.78 is 0. The molecule has 0 spiro atoms. The summed E-state index contributed by atoms with van der Waals surface area (Å²) in [5.74, 6) is -0.722. The molecule has 2 aromatic heterocycles. The van der Waals surface area contributed by atoms with Crippen LogP contribution in [0.4, 0.5) is 11.5 Å². The maximum Gasteiger partial charge on any atom is 0.354 e. The predicted octanol–water partition coefficient (Wildman–Crippen LogP) is 1.68. The van der Waals surface area contributed by atoms with Crippen LogP contribution in [0.15, 0.2) is 30.5 Å². The van der Waals surface area contributed by atoms with E-state index >= 15 is 0 Å². The number of aromatic carboxylic acids is 1. The number of hydrogen-bond donors (Lipinski definition) is 3. The van der Waals surface area contributed by atoms with Crippen LogP contribution >= 0.6 is 0 Å². The molecule has 0 saturated heterocycles. The van der Waals surface area contributed by atoms with Gasteiger partial charge in [-0.1, -0.05) is 6.07 Å². The fraction of sp³-hybridized carbons (Fsp3) is 0.154. The molecule has 19 heavy (non-hydrogen) atoms. The Labute approximate surface area is 110 Å². The molecular weight excluding hydrogens is 244 g/mol. The second-order valence-electron chi connectivity index (χ2n) is 4.10. The maximum atomic E-state index is 10.8. The molecule has 98 valence electrons. The zero-order valence-corrected chi connectivity index (χ0v) is 10.4. The van der Waals surface area contributed by atoms with E-state index in [0.717, 1.165) is 11.3 Å². The van der Waals surface area contributed by atoms with Crippen molar-refractivity contribution in [2.45, 2.75) is 13.5 Å². The summed E-state index contributed by atoms with van der Waals surface area (Å²) in [7, 11) is 0. The van der Waals surface area contributed by atoms with Crippen LogP contribution in [0.2, 0.25) is 0 Å². The second-order valence-corrected chi connectivity index (χ2v) is 4.10. The van der Waals surface area contributed by atoms with Gasteiger partial charge in [-0.15, -0.1) is 0 Å². The molecule has 6 nitrogen and oxygen atoms in total. The van der Waals surface area contributed by atoms with Crippen LogP contribution in [-0.2, 0) is 6.54 Å². The van der Waals surface area contributed by atoms with Crippen molar-refractivity contribution in [1.29, 1.82) is 0 Å². The summed E-state index contributed by atoms with van der Waals surface area (Å²) >= 11 is 0. The molecule has 0 amide bonds. The minimum Gasteiger partial charge on any atom is -0.477 e. The maximum absolute atomic E-state index is 10.8. The molecule has 0 fully saturated rings. The molecule has 0 radical (unpaired) electrons. The van der Waals surface area contributed by atoms with Crippen LogP contribution in [0.25, 0.3) is 0 Å². The quantitative estimate of drug-likeness (QED) is 0.771. The number of nitrogens with two attached hydrogens (primary N) is 1. The number of carboxylic acid groups (broad SMARTS) is 1. The standard InChI is InChI=1S/C13H14N4O2/c1-8-2-3-9(6-15-8)7-16-12-10(14)4-5-11(17-12)13(18)19/h2-6H,7,14H2,1H3,(H,16,17)(H,18,19). The van der Waals surface area contributed by atoms with E-state index in [1.807, 2.05) is 19.1 Å². The summed E-state index contributed by atoms with van der Waals surface area (Å²) in [5, 5.41) is 11.9. The van der Waals surface area contributed by atoms with E-state index in [4.69, 9.17) is 10.8 Å². The molecular formula is C13H14N4O2. The van der Waals surface area contributed by atoms with Gasteiger partial charge in [-0.2, -0.15) is 0 Å². The van der Waals surface area contributed by atoms with E-state index in [-0.39, 0.29) is 5.69 Å². The summed E-state index contributed by atoms with van der Waals surface area (Å²) in [5.41, 5.74) is 8.01. The van der Waals surface area contributed by atoms with E-state index in [2.05, 4.69) is 15.3 Å². The molecule has 4 N–H and O–H groups in total. The van der Waals surface area contributed by atoms with Crippen LogP contribution in [-0.4, -0.2) is 21.0 Å². The third kappa shape index (κ3) is 3.19. The fourth-order valence-electron chi connectivity index (χ4n) is 1.52. The van der Waals surface area contributed by atoms with Gasteiger partial charge in [0.2, 0.25) is 0 Å². The average molecular weight is 258 g/mol. The van der Waals surface area contributed by atoms with Gasteiger partial charge in [-0.05, 0) is 30.7 Å². The Morgan fingerprint density at radius 1 is 1.37 bits per heavy atom. The molecule has 2 heterocycles. The third-order valence-electron chi connectivity index (χ3n) is 2.58. The molecule has 0 aliphatic carbocycles. The highest BCUT2D eigenvalue weighted by Crippen LogP contribution is 2.16. The van der Waals surface area contributed by atoms with Crippen molar-refractivity contribution < 1.29 is 9.90 Å². The third-order valence-corrected chi connectivity index (χ3v) is 2.58. The minimum absolute atomic E-state index is 0.0428. The number of rotatable bonds is 4. The zero-order chi connectivity index (χ0) is 13.8. The fourth-order valence-corrected chi connectivity index (χ4v) is 1.52. The molecule has 0 aliphatic heterocycles. The number of nitrogens with zero attached hydrogens (tertiary/aromatic N) is 2. The van der Waals surface area contributed by atoms with Gasteiger partial charge in [-0.3, -0.25) is 4.98 Å².